The second-order valence-electron chi connectivity index (χ2n) is 7.86. The highest BCUT2D eigenvalue weighted by Crippen LogP contribution is 2.22. The number of aryl methyl sites for hydroxylation is 1. The van der Waals surface area contributed by atoms with Crippen molar-refractivity contribution < 1.29 is 14.0 Å². The van der Waals surface area contributed by atoms with E-state index < -0.39 is 0 Å². The van der Waals surface area contributed by atoms with Crippen LogP contribution in [0.25, 0.3) is 11.4 Å². The van der Waals surface area contributed by atoms with Gasteiger partial charge in [-0.3, -0.25) is 9.89 Å². The topological polar surface area (TPSA) is 103 Å². The number of carbonyl (C=O) groups excluding carboxylic acids is 2. The third kappa shape index (κ3) is 5.29. The summed E-state index contributed by atoms with van der Waals surface area (Å²) in [6.07, 6.45) is 1.19. The third-order valence-electron chi connectivity index (χ3n) is 5.50. The molecule has 3 amide bonds. The first-order valence-electron chi connectivity index (χ1n) is 10.6. The van der Waals surface area contributed by atoms with Gasteiger partial charge in [0.25, 0.3) is 0 Å². The maximum Gasteiger partial charge on any atom is 0.321 e. The maximum atomic E-state index is 13.0. The average Bonchev–Trinajstić information content (AvgIpc) is 3.25. The number of nitrogens with zero attached hydrogens (tertiary/aromatic N) is 3. The molecule has 166 valence electrons. The normalized spacial score (nSPS) is 14.2. The quantitative estimate of drug-likeness (QED) is 0.570. The first-order valence-corrected chi connectivity index (χ1v) is 10.6. The summed E-state index contributed by atoms with van der Waals surface area (Å²) >= 11 is 0. The Labute approximate surface area is 185 Å². The van der Waals surface area contributed by atoms with Gasteiger partial charge in [0, 0.05) is 36.8 Å². The molecule has 8 nitrogen and oxygen atoms in total. The molecule has 0 aliphatic carbocycles. The van der Waals surface area contributed by atoms with Crippen LogP contribution >= 0.6 is 0 Å². The summed E-state index contributed by atoms with van der Waals surface area (Å²) in [4.78, 5) is 31.2. The standard InChI is InChI=1S/C23H25FN6O2/c1-15-26-21(29-28-15)18-3-2-4-20(13-18)27-23(32)30-11-9-17(10-12-30)22(31)25-14-16-5-7-19(24)8-6-16/h2-8,13,17H,9-12,14H2,1H3,(H,25,31)(H,27,32)(H,26,28,29). The number of aromatic nitrogens is 3. The lowest BCUT2D eigenvalue weighted by molar-refractivity contribution is -0.126. The number of aromatic amines is 1. The molecule has 3 aromatic rings. The van der Waals surface area contributed by atoms with Gasteiger partial charge in [-0.25, -0.2) is 14.2 Å². The van der Waals surface area contributed by atoms with Crippen LogP contribution in [0, 0.1) is 18.7 Å². The minimum atomic E-state index is -0.301. The number of piperidine rings is 1. The van der Waals surface area contributed by atoms with E-state index in [0.717, 1.165) is 17.0 Å². The van der Waals surface area contributed by atoms with Gasteiger partial charge in [0.2, 0.25) is 5.91 Å². The van der Waals surface area contributed by atoms with Crippen LogP contribution in [-0.4, -0.2) is 45.1 Å². The Morgan fingerprint density at radius 2 is 1.91 bits per heavy atom. The Kier molecular flexibility index (Phi) is 6.44. The monoisotopic (exact) mass is 436 g/mol. The molecule has 4 rings (SSSR count). The van der Waals surface area contributed by atoms with Gasteiger partial charge < -0.3 is 15.5 Å². The summed E-state index contributed by atoms with van der Waals surface area (Å²) in [5.74, 6) is 0.816. The van der Waals surface area contributed by atoms with Crippen molar-refractivity contribution in [2.24, 2.45) is 5.92 Å². The van der Waals surface area contributed by atoms with Crippen LogP contribution in [0.4, 0.5) is 14.9 Å². The molecule has 1 fully saturated rings. The molecule has 1 aliphatic heterocycles. The fourth-order valence-corrected chi connectivity index (χ4v) is 3.69. The predicted molar refractivity (Wildman–Crippen MR) is 118 cm³/mol. The SMILES string of the molecule is Cc1nc(-c2cccc(NC(=O)N3CCC(C(=O)NCc4ccc(F)cc4)CC3)c2)n[nH]1. The number of H-pyrrole nitrogens is 1. The fraction of sp³-hybridized carbons (Fsp3) is 0.304. The van der Waals surface area contributed by atoms with Gasteiger partial charge in [-0.05, 0) is 49.6 Å². The lowest BCUT2D eigenvalue weighted by atomic mass is 9.96. The van der Waals surface area contributed by atoms with E-state index >= 15 is 0 Å². The van der Waals surface area contributed by atoms with E-state index in [-0.39, 0.29) is 23.7 Å². The van der Waals surface area contributed by atoms with Crippen molar-refractivity contribution in [1.82, 2.24) is 25.4 Å². The molecule has 0 bridgehead atoms. The molecule has 0 unspecified atom stereocenters. The molecule has 32 heavy (non-hydrogen) atoms. The number of carbonyl (C=O) groups is 2. The smallest absolute Gasteiger partial charge is 0.321 e. The zero-order valence-electron chi connectivity index (χ0n) is 17.8. The minimum Gasteiger partial charge on any atom is -0.352 e. The van der Waals surface area contributed by atoms with E-state index in [9.17, 15) is 14.0 Å². The van der Waals surface area contributed by atoms with E-state index in [1.165, 1.54) is 12.1 Å². The van der Waals surface area contributed by atoms with Gasteiger partial charge in [-0.1, -0.05) is 24.3 Å². The molecule has 2 aromatic carbocycles. The Morgan fingerprint density at radius 1 is 1.16 bits per heavy atom. The third-order valence-corrected chi connectivity index (χ3v) is 5.50. The highest BCUT2D eigenvalue weighted by molar-refractivity contribution is 5.90. The van der Waals surface area contributed by atoms with E-state index in [0.29, 0.717) is 44.0 Å². The van der Waals surface area contributed by atoms with Crippen molar-refractivity contribution in [3.8, 4) is 11.4 Å². The number of nitrogens with one attached hydrogen (secondary N) is 3. The van der Waals surface area contributed by atoms with Crippen molar-refractivity contribution in [3.05, 3.63) is 65.7 Å². The number of halogens is 1. The van der Waals surface area contributed by atoms with Gasteiger partial charge >= 0.3 is 6.03 Å². The Bertz CT molecular complexity index is 1090. The van der Waals surface area contributed by atoms with Crippen molar-refractivity contribution in [3.63, 3.8) is 0 Å². The van der Waals surface area contributed by atoms with Crippen LogP contribution in [0.2, 0.25) is 0 Å². The number of benzene rings is 2. The number of hydrogen-bond acceptors (Lipinski definition) is 4. The number of anilines is 1. The molecule has 1 saturated heterocycles. The molecule has 0 saturated carbocycles. The first kappa shape index (κ1) is 21.5. The van der Waals surface area contributed by atoms with Crippen molar-refractivity contribution in [1.29, 1.82) is 0 Å². The van der Waals surface area contributed by atoms with Crippen molar-refractivity contribution in [2.75, 3.05) is 18.4 Å². The summed E-state index contributed by atoms with van der Waals surface area (Å²) < 4.78 is 13.0. The summed E-state index contributed by atoms with van der Waals surface area (Å²) in [7, 11) is 0. The molecular formula is C23H25FN6O2. The lowest BCUT2D eigenvalue weighted by Gasteiger charge is -2.31. The second kappa shape index (κ2) is 9.59. The largest absolute Gasteiger partial charge is 0.352 e. The van der Waals surface area contributed by atoms with Crippen molar-refractivity contribution in [2.45, 2.75) is 26.3 Å². The van der Waals surface area contributed by atoms with Crippen LogP contribution in [0.5, 0.6) is 0 Å². The van der Waals surface area contributed by atoms with Gasteiger partial charge in [0.15, 0.2) is 5.82 Å². The van der Waals surface area contributed by atoms with Crippen LogP contribution in [0.1, 0.15) is 24.2 Å². The first-order chi connectivity index (χ1) is 15.5. The zero-order valence-corrected chi connectivity index (χ0v) is 17.8. The summed E-state index contributed by atoms with van der Waals surface area (Å²) in [6, 6.07) is 13.2. The van der Waals surface area contributed by atoms with E-state index in [2.05, 4.69) is 25.8 Å². The fourth-order valence-electron chi connectivity index (χ4n) is 3.69. The van der Waals surface area contributed by atoms with Gasteiger partial charge in [-0.15, -0.1) is 0 Å². The highest BCUT2D eigenvalue weighted by atomic mass is 19.1. The van der Waals surface area contributed by atoms with Gasteiger partial charge in [-0.2, -0.15) is 5.10 Å². The van der Waals surface area contributed by atoms with Gasteiger partial charge in [0.1, 0.15) is 11.6 Å². The van der Waals surface area contributed by atoms with E-state index in [4.69, 9.17) is 0 Å². The number of urea groups is 1. The molecule has 2 heterocycles. The maximum absolute atomic E-state index is 13.0. The number of rotatable bonds is 5. The Balaban J connectivity index is 1.26. The molecule has 1 aliphatic rings. The van der Waals surface area contributed by atoms with Crippen LogP contribution in [-0.2, 0) is 11.3 Å². The second-order valence-corrected chi connectivity index (χ2v) is 7.86. The van der Waals surface area contributed by atoms with Crippen LogP contribution in [0.3, 0.4) is 0 Å². The summed E-state index contributed by atoms with van der Waals surface area (Å²) in [5.41, 5.74) is 2.32. The molecular weight excluding hydrogens is 411 g/mol. The average molecular weight is 436 g/mol. The minimum absolute atomic E-state index is 0.0381. The molecule has 0 radical (unpaired) electrons. The highest BCUT2D eigenvalue weighted by Gasteiger charge is 2.27. The van der Waals surface area contributed by atoms with Crippen LogP contribution in [0.15, 0.2) is 48.5 Å². The number of amides is 3. The van der Waals surface area contributed by atoms with E-state index in [1.807, 2.05) is 31.2 Å². The molecule has 9 heteroatoms. The molecule has 1 aromatic heterocycles. The molecule has 3 N–H and O–H groups in total. The van der Waals surface area contributed by atoms with E-state index in [1.54, 1.807) is 17.0 Å². The lowest BCUT2D eigenvalue weighted by Crippen LogP contribution is -2.44. The van der Waals surface area contributed by atoms with Crippen molar-refractivity contribution >= 4 is 17.6 Å². The number of hydrogen-bond donors (Lipinski definition) is 3. The summed E-state index contributed by atoms with van der Waals surface area (Å²) in [6.45, 7) is 3.19. The van der Waals surface area contributed by atoms with Gasteiger partial charge in [0.05, 0.1) is 0 Å². The summed E-state index contributed by atoms with van der Waals surface area (Å²) in [5, 5.41) is 12.8. The Morgan fingerprint density at radius 3 is 2.59 bits per heavy atom. The predicted octanol–water partition coefficient (Wildman–Crippen LogP) is 3.48. The number of likely N-dealkylation sites (tertiary alicyclic amines) is 1. The Hall–Kier alpha value is -3.75. The zero-order chi connectivity index (χ0) is 22.5. The van der Waals surface area contributed by atoms with Crippen LogP contribution < -0.4 is 10.6 Å². The molecule has 0 spiro atoms. The molecule has 0 atom stereocenters.